The Balaban J connectivity index is 1.24. The fourth-order valence-corrected chi connectivity index (χ4v) is 4.77. The average Bonchev–Trinajstić information content (AvgIpc) is 3.05. The molecule has 6 nitrogen and oxygen atoms in total. The van der Waals surface area contributed by atoms with E-state index in [1.54, 1.807) is 49.4 Å². The number of ether oxygens (including phenoxy) is 3. The van der Waals surface area contributed by atoms with Crippen molar-refractivity contribution in [3.63, 3.8) is 0 Å². The number of unbranched alkanes of at least 4 members (excludes halogenated alkanes) is 4. The molecule has 0 aliphatic carbocycles. The predicted octanol–water partition coefficient (Wildman–Crippen LogP) is 9.75. The van der Waals surface area contributed by atoms with Crippen molar-refractivity contribution in [3.8, 4) is 17.2 Å². The topological polar surface area (TPSA) is 87.9 Å². The van der Waals surface area contributed by atoms with Crippen molar-refractivity contribution in [1.82, 2.24) is 0 Å². The summed E-state index contributed by atoms with van der Waals surface area (Å²) in [6, 6.07) is 23.7. The maximum atomic E-state index is 12.9. The van der Waals surface area contributed by atoms with Gasteiger partial charge in [-0.3, -0.25) is 4.79 Å². The summed E-state index contributed by atoms with van der Waals surface area (Å²) in [6.07, 6.45) is 11.1. The lowest BCUT2D eigenvalue weighted by Crippen LogP contribution is -2.08. The Hall–Kier alpha value is -5.36. The summed E-state index contributed by atoms with van der Waals surface area (Å²) in [4.78, 5) is 24.5. The number of carbonyl (C=O) groups is 2. The highest BCUT2D eigenvalue weighted by Gasteiger charge is 2.12. The van der Waals surface area contributed by atoms with Gasteiger partial charge in [-0.25, -0.2) is 4.79 Å². The SMILES string of the molecule is C=C/C=C/c1ccc(OC(=C)c2ccc(OC(=O)c3ccc4cc(OCCCCCCCC(=O)C(=C)C)ccc4c3)cc2)c(N)c1. The first-order valence-electron chi connectivity index (χ1n) is 15.5. The van der Waals surface area contributed by atoms with Crippen LogP contribution in [0.5, 0.6) is 17.2 Å². The third kappa shape index (κ3) is 9.83. The van der Waals surface area contributed by atoms with E-state index in [1.807, 2.05) is 54.6 Å². The van der Waals surface area contributed by atoms with E-state index in [1.165, 1.54) is 0 Å². The molecule has 4 rings (SSSR count). The Bertz CT molecular complexity index is 1750. The Kier molecular flexibility index (Phi) is 12.1. The zero-order valence-corrected chi connectivity index (χ0v) is 26.4. The average molecular weight is 616 g/mol. The van der Waals surface area contributed by atoms with Crippen LogP contribution < -0.4 is 19.9 Å². The van der Waals surface area contributed by atoms with Gasteiger partial charge in [0.2, 0.25) is 0 Å². The highest BCUT2D eigenvalue weighted by Crippen LogP contribution is 2.29. The van der Waals surface area contributed by atoms with Crippen molar-refractivity contribution >= 4 is 40.0 Å². The Labute approximate surface area is 271 Å². The first-order chi connectivity index (χ1) is 22.2. The summed E-state index contributed by atoms with van der Waals surface area (Å²) >= 11 is 0. The monoisotopic (exact) mass is 615 g/mol. The van der Waals surface area contributed by atoms with E-state index in [0.717, 1.165) is 59.8 Å². The molecule has 236 valence electrons. The lowest BCUT2D eigenvalue weighted by molar-refractivity contribution is -0.115. The van der Waals surface area contributed by atoms with Gasteiger partial charge in [0.25, 0.3) is 0 Å². The second-order valence-corrected chi connectivity index (χ2v) is 11.1. The van der Waals surface area contributed by atoms with Crippen LogP contribution in [0.4, 0.5) is 5.69 Å². The van der Waals surface area contributed by atoms with Gasteiger partial charge in [0.1, 0.15) is 23.0 Å². The number of carbonyl (C=O) groups excluding carboxylic acids is 2. The Morgan fingerprint density at radius 2 is 1.43 bits per heavy atom. The number of Topliss-reactive ketones (excluding diaryl/α,β-unsaturated/α-hetero) is 1. The second-order valence-electron chi connectivity index (χ2n) is 11.1. The molecule has 0 bridgehead atoms. The highest BCUT2D eigenvalue weighted by molar-refractivity contribution is 5.97. The number of esters is 1. The van der Waals surface area contributed by atoms with Gasteiger partial charge in [-0.15, -0.1) is 0 Å². The van der Waals surface area contributed by atoms with Crippen LogP contribution in [0.15, 0.2) is 116 Å². The summed E-state index contributed by atoms with van der Waals surface area (Å²) in [6.45, 7) is 13.8. The van der Waals surface area contributed by atoms with E-state index >= 15 is 0 Å². The molecule has 2 N–H and O–H groups in total. The molecule has 46 heavy (non-hydrogen) atoms. The van der Waals surface area contributed by atoms with Crippen LogP contribution in [0.25, 0.3) is 22.6 Å². The number of nitrogens with two attached hydrogens (primary N) is 1. The third-order valence-electron chi connectivity index (χ3n) is 7.42. The van der Waals surface area contributed by atoms with Crippen molar-refractivity contribution in [2.75, 3.05) is 12.3 Å². The minimum atomic E-state index is -0.451. The van der Waals surface area contributed by atoms with Crippen molar-refractivity contribution in [2.45, 2.75) is 45.4 Å². The largest absolute Gasteiger partial charge is 0.494 e. The minimum absolute atomic E-state index is 0.158. The van der Waals surface area contributed by atoms with Crippen molar-refractivity contribution in [2.24, 2.45) is 0 Å². The fourth-order valence-electron chi connectivity index (χ4n) is 4.77. The number of benzene rings is 4. The molecule has 0 atom stereocenters. The van der Waals surface area contributed by atoms with Gasteiger partial charge in [0.05, 0.1) is 17.9 Å². The first-order valence-corrected chi connectivity index (χ1v) is 15.5. The number of nitrogen functional groups attached to an aromatic ring is 1. The summed E-state index contributed by atoms with van der Waals surface area (Å²) in [5, 5.41) is 1.89. The molecular weight excluding hydrogens is 574 g/mol. The molecule has 0 aliphatic heterocycles. The zero-order valence-electron chi connectivity index (χ0n) is 26.4. The molecule has 0 saturated heterocycles. The summed E-state index contributed by atoms with van der Waals surface area (Å²) in [7, 11) is 0. The normalized spacial score (nSPS) is 10.9. The molecule has 4 aromatic rings. The molecular formula is C40H41NO5. The van der Waals surface area contributed by atoms with E-state index in [-0.39, 0.29) is 5.78 Å². The molecule has 0 aliphatic rings. The van der Waals surface area contributed by atoms with Crippen LogP contribution in [0.1, 0.15) is 66.9 Å². The molecule has 4 aromatic carbocycles. The van der Waals surface area contributed by atoms with Crippen LogP contribution in [0, 0.1) is 0 Å². The van der Waals surface area contributed by atoms with Crippen LogP contribution in [0.2, 0.25) is 0 Å². The third-order valence-corrected chi connectivity index (χ3v) is 7.42. The van der Waals surface area contributed by atoms with Crippen LogP contribution in [0.3, 0.4) is 0 Å². The molecule has 0 heterocycles. The zero-order chi connectivity index (χ0) is 32.9. The molecule has 0 amide bonds. The van der Waals surface area contributed by atoms with Crippen LogP contribution >= 0.6 is 0 Å². The Morgan fingerprint density at radius 3 is 2.17 bits per heavy atom. The standard InChI is InChI=1S/C40H41NO5/c1-5-6-12-30-14-23-39(37(41)25-30)45-29(4)31-17-20-35(21-18-31)46-40(43)34-16-15-33-27-36(22-19-32(33)26-34)44-24-11-9-7-8-10-13-38(42)28(2)3/h5-6,12,14-23,25-27H,1-2,4,7-11,13,24,41H2,3H3/b12-6+. The number of hydrogen-bond acceptors (Lipinski definition) is 6. The quantitative estimate of drug-likeness (QED) is 0.0242. The molecule has 0 spiro atoms. The van der Waals surface area contributed by atoms with Gasteiger partial charge >= 0.3 is 5.97 Å². The maximum Gasteiger partial charge on any atom is 0.343 e. The molecule has 0 fully saturated rings. The molecule has 0 saturated carbocycles. The molecule has 0 radical (unpaired) electrons. The fraction of sp³-hybridized carbons (Fsp3) is 0.200. The summed E-state index contributed by atoms with van der Waals surface area (Å²) in [5.74, 6) is 1.83. The van der Waals surface area contributed by atoms with E-state index in [0.29, 0.717) is 47.1 Å². The van der Waals surface area contributed by atoms with E-state index in [2.05, 4.69) is 19.7 Å². The summed E-state index contributed by atoms with van der Waals surface area (Å²) < 4.78 is 17.5. The Morgan fingerprint density at radius 1 is 0.761 bits per heavy atom. The summed E-state index contributed by atoms with van der Waals surface area (Å²) in [5.41, 5.74) is 9.39. The van der Waals surface area contributed by atoms with Gasteiger partial charge in [-0.2, -0.15) is 0 Å². The predicted molar refractivity (Wildman–Crippen MR) is 188 cm³/mol. The number of anilines is 1. The second kappa shape index (κ2) is 16.6. The number of rotatable bonds is 17. The van der Waals surface area contributed by atoms with Gasteiger partial charge in [-0.05, 0) is 102 Å². The smallest absolute Gasteiger partial charge is 0.343 e. The minimum Gasteiger partial charge on any atom is -0.494 e. The number of fused-ring (bicyclic) bond motifs is 1. The first kappa shape index (κ1) is 33.5. The number of allylic oxidation sites excluding steroid dienone is 3. The van der Waals surface area contributed by atoms with E-state index in [4.69, 9.17) is 19.9 Å². The van der Waals surface area contributed by atoms with Crippen molar-refractivity contribution in [1.29, 1.82) is 0 Å². The maximum absolute atomic E-state index is 12.9. The van der Waals surface area contributed by atoms with Crippen LogP contribution in [-0.4, -0.2) is 18.4 Å². The van der Waals surface area contributed by atoms with Gasteiger partial charge in [0.15, 0.2) is 5.78 Å². The molecule has 0 unspecified atom stereocenters. The lowest BCUT2D eigenvalue weighted by atomic mass is 10.1. The highest BCUT2D eigenvalue weighted by atomic mass is 16.5. The lowest BCUT2D eigenvalue weighted by Gasteiger charge is -2.12. The van der Waals surface area contributed by atoms with E-state index < -0.39 is 5.97 Å². The van der Waals surface area contributed by atoms with E-state index in [9.17, 15) is 9.59 Å². The molecule has 0 aromatic heterocycles. The molecule has 6 heteroatoms. The number of ketones is 1. The van der Waals surface area contributed by atoms with Crippen molar-refractivity contribution < 1.29 is 23.8 Å². The van der Waals surface area contributed by atoms with Crippen molar-refractivity contribution in [3.05, 3.63) is 133 Å². The van der Waals surface area contributed by atoms with Gasteiger partial charge in [-0.1, -0.05) is 75.4 Å². The van der Waals surface area contributed by atoms with Gasteiger partial charge in [0, 0.05) is 12.0 Å². The van der Waals surface area contributed by atoms with Crippen LogP contribution in [-0.2, 0) is 4.79 Å². The van der Waals surface area contributed by atoms with Gasteiger partial charge < -0.3 is 19.9 Å². The number of hydrogen-bond donors (Lipinski definition) is 1.